The van der Waals surface area contributed by atoms with Crippen LogP contribution in [0.4, 0.5) is 18.9 Å². The van der Waals surface area contributed by atoms with Crippen LogP contribution < -0.4 is 11.1 Å². The second kappa shape index (κ2) is 10.0. The summed E-state index contributed by atoms with van der Waals surface area (Å²) in [7, 11) is 1.97. The van der Waals surface area contributed by atoms with Gasteiger partial charge in [0.25, 0.3) is 0 Å². The summed E-state index contributed by atoms with van der Waals surface area (Å²) in [6.45, 7) is 4.20. The molecule has 0 amide bonds. The minimum absolute atomic E-state index is 0.200. The molecule has 3 nitrogen and oxygen atoms in total. The first-order valence-electron chi connectivity index (χ1n) is 8.46. The Balaban J connectivity index is 0.000000228. The molecule has 138 valence electrons. The Kier molecular flexibility index (Phi) is 8.41. The zero-order valence-electron chi connectivity index (χ0n) is 15.0. The van der Waals surface area contributed by atoms with Gasteiger partial charge in [-0.2, -0.15) is 13.2 Å². The zero-order chi connectivity index (χ0) is 18.9. The van der Waals surface area contributed by atoms with Gasteiger partial charge in [0.1, 0.15) is 5.69 Å². The standard InChI is InChI=1S/C10H13N.C7H7F3N2.C2H6/c1-11-10-6-5-8-3-2-4-9(8)7-10;8-7(9,10)6-2-1-5(3-11)4-12-6;1-2/h5-7,11H,2-4H2,1H3;1-2,4H,3,11H2;1-2H3. The summed E-state index contributed by atoms with van der Waals surface area (Å²) < 4.78 is 35.8. The molecule has 0 bridgehead atoms. The van der Waals surface area contributed by atoms with E-state index in [9.17, 15) is 13.2 Å². The van der Waals surface area contributed by atoms with Gasteiger partial charge in [-0.05, 0) is 54.2 Å². The Morgan fingerprint density at radius 3 is 2.28 bits per heavy atom. The second-order valence-corrected chi connectivity index (χ2v) is 5.34. The van der Waals surface area contributed by atoms with Gasteiger partial charge in [-0.25, -0.2) is 0 Å². The molecule has 3 N–H and O–H groups in total. The van der Waals surface area contributed by atoms with Gasteiger partial charge in [-0.1, -0.05) is 26.0 Å². The minimum Gasteiger partial charge on any atom is -0.388 e. The minimum atomic E-state index is -4.37. The van der Waals surface area contributed by atoms with E-state index in [0.29, 0.717) is 5.56 Å². The number of aryl methyl sites for hydroxylation is 2. The summed E-state index contributed by atoms with van der Waals surface area (Å²) in [5.74, 6) is 0. The van der Waals surface area contributed by atoms with Gasteiger partial charge in [0.2, 0.25) is 0 Å². The van der Waals surface area contributed by atoms with Gasteiger partial charge < -0.3 is 11.1 Å². The van der Waals surface area contributed by atoms with E-state index < -0.39 is 11.9 Å². The van der Waals surface area contributed by atoms with Crippen molar-refractivity contribution in [2.75, 3.05) is 12.4 Å². The molecule has 6 heteroatoms. The topological polar surface area (TPSA) is 50.9 Å². The van der Waals surface area contributed by atoms with E-state index >= 15 is 0 Å². The van der Waals surface area contributed by atoms with Crippen molar-refractivity contribution in [1.29, 1.82) is 0 Å². The lowest BCUT2D eigenvalue weighted by Crippen LogP contribution is -2.08. The summed E-state index contributed by atoms with van der Waals surface area (Å²) in [4.78, 5) is 3.22. The Morgan fingerprint density at radius 1 is 1.08 bits per heavy atom. The van der Waals surface area contributed by atoms with Crippen LogP contribution in [0.5, 0.6) is 0 Å². The number of hydrogen-bond acceptors (Lipinski definition) is 3. The monoisotopic (exact) mass is 353 g/mol. The Morgan fingerprint density at radius 2 is 1.76 bits per heavy atom. The van der Waals surface area contributed by atoms with E-state index in [0.717, 1.165) is 12.3 Å². The molecule has 0 aliphatic heterocycles. The number of fused-ring (bicyclic) bond motifs is 1. The number of benzene rings is 1. The summed E-state index contributed by atoms with van der Waals surface area (Å²) in [6.07, 6.45) is 0.642. The summed E-state index contributed by atoms with van der Waals surface area (Å²) in [5.41, 5.74) is 9.21. The molecule has 1 heterocycles. The summed E-state index contributed by atoms with van der Waals surface area (Å²) >= 11 is 0. The molecule has 3 rings (SSSR count). The Hall–Kier alpha value is -2.08. The fourth-order valence-corrected chi connectivity index (χ4v) is 2.44. The first kappa shape index (κ1) is 21.0. The SMILES string of the molecule is CC.CNc1ccc2c(c1)CCC2.NCc1ccc(C(F)(F)F)nc1. The van der Waals surface area contributed by atoms with Crippen molar-refractivity contribution in [1.82, 2.24) is 4.98 Å². The van der Waals surface area contributed by atoms with Crippen molar-refractivity contribution >= 4 is 5.69 Å². The number of rotatable bonds is 2. The number of nitrogens with one attached hydrogen (secondary N) is 1. The van der Waals surface area contributed by atoms with E-state index in [1.165, 1.54) is 36.6 Å². The highest BCUT2D eigenvalue weighted by molar-refractivity contribution is 5.49. The number of halogens is 3. The predicted octanol–water partition coefficient (Wildman–Crippen LogP) is 4.80. The van der Waals surface area contributed by atoms with Crippen LogP contribution in [0.25, 0.3) is 0 Å². The first-order valence-corrected chi connectivity index (χ1v) is 8.46. The smallest absolute Gasteiger partial charge is 0.388 e. The molecule has 1 aromatic heterocycles. The van der Waals surface area contributed by atoms with Crippen molar-refractivity contribution in [2.45, 2.75) is 45.8 Å². The third-order valence-electron chi connectivity index (χ3n) is 3.74. The maximum Gasteiger partial charge on any atom is 0.433 e. The maximum atomic E-state index is 11.9. The summed E-state index contributed by atoms with van der Waals surface area (Å²) in [6, 6.07) is 8.90. The lowest BCUT2D eigenvalue weighted by atomic mass is 10.1. The maximum absolute atomic E-state index is 11.9. The van der Waals surface area contributed by atoms with Crippen LogP contribution >= 0.6 is 0 Å². The number of anilines is 1. The number of alkyl halides is 3. The molecule has 0 unspecified atom stereocenters. The molecule has 1 aliphatic carbocycles. The number of nitrogens with zero attached hydrogens (tertiary/aromatic N) is 1. The lowest BCUT2D eigenvalue weighted by molar-refractivity contribution is -0.141. The Bertz CT molecular complexity index is 637. The van der Waals surface area contributed by atoms with Crippen molar-refractivity contribution in [3.63, 3.8) is 0 Å². The third-order valence-corrected chi connectivity index (χ3v) is 3.74. The van der Waals surface area contributed by atoms with Crippen LogP contribution in [0.3, 0.4) is 0 Å². The van der Waals surface area contributed by atoms with E-state index in [1.807, 2.05) is 20.9 Å². The van der Waals surface area contributed by atoms with Gasteiger partial charge in [0.15, 0.2) is 0 Å². The van der Waals surface area contributed by atoms with Crippen LogP contribution in [-0.4, -0.2) is 12.0 Å². The third kappa shape index (κ3) is 6.38. The van der Waals surface area contributed by atoms with E-state index in [-0.39, 0.29) is 6.54 Å². The molecule has 0 saturated heterocycles. The quantitative estimate of drug-likeness (QED) is 0.815. The lowest BCUT2D eigenvalue weighted by Gasteiger charge is -2.04. The molecule has 0 radical (unpaired) electrons. The van der Waals surface area contributed by atoms with E-state index in [1.54, 1.807) is 5.56 Å². The van der Waals surface area contributed by atoms with Gasteiger partial charge in [0, 0.05) is 25.5 Å². The molecule has 2 aromatic rings. The van der Waals surface area contributed by atoms with Crippen LogP contribution in [0.2, 0.25) is 0 Å². The van der Waals surface area contributed by atoms with E-state index in [2.05, 4.69) is 28.5 Å². The van der Waals surface area contributed by atoms with Crippen molar-refractivity contribution < 1.29 is 13.2 Å². The van der Waals surface area contributed by atoms with Crippen LogP contribution in [0.15, 0.2) is 36.5 Å². The van der Waals surface area contributed by atoms with Gasteiger partial charge in [-0.3, -0.25) is 4.98 Å². The number of nitrogens with two attached hydrogens (primary N) is 1. The van der Waals surface area contributed by atoms with Crippen LogP contribution in [0, 0.1) is 0 Å². The molecule has 25 heavy (non-hydrogen) atoms. The second-order valence-electron chi connectivity index (χ2n) is 5.34. The summed E-state index contributed by atoms with van der Waals surface area (Å²) in [5, 5.41) is 3.16. The van der Waals surface area contributed by atoms with Crippen LogP contribution in [0.1, 0.15) is 42.7 Å². The van der Waals surface area contributed by atoms with Crippen molar-refractivity contribution in [3.05, 3.63) is 58.9 Å². The highest BCUT2D eigenvalue weighted by Crippen LogP contribution is 2.27. The Labute approximate surface area is 147 Å². The normalized spacial score (nSPS) is 12.3. The number of pyridine rings is 1. The van der Waals surface area contributed by atoms with Crippen molar-refractivity contribution in [3.8, 4) is 0 Å². The van der Waals surface area contributed by atoms with E-state index in [4.69, 9.17) is 5.73 Å². The molecule has 0 saturated carbocycles. The highest BCUT2D eigenvalue weighted by atomic mass is 19.4. The molecule has 0 atom stereocenters. The van der Waals surface area contributed by atoms with Gasteiger partial charge in [0.05, 0.1) is 0 Å². The fraction of sp³-hybridized carbons (Fsp3) is 0.421. The fourth-order valence-electron chi connectivity index (χ4n) is 2.44. The largest absolute Gasteiger partial charge is 0.433 e. The number of hydrogen-bond donors (Lipinski definition) is 2. The molecular formula is C19H26F3N3. The molecule has 1 aliphatic rings. The average molecular weight is 353 g/mol. The highest BCUT2D eigenvalue weighted by Gasteiger charge is 2.31. The molecule has 1 aromatic carbocycles. The molecule has 0 spiro atoms. The van der Waals surface area contributed by atoms with Crippen molar-refractivity contribution in [2.24, 2.45) is 5.73 Å². The molecular weight excluding hydrogens is 327 g/mol. The zero-order valence-corrected chi connectivity index (χ0v) is 15.0. The van der Waals surface area contributed by atoms with Gasteiger partial charge >= 0.3 is 6.18 Å². The average Bonchev–Trinajstić information content (AvgIpc) is 3.11. The van der Waals surface area contributed by atoms with Crippen LogP contribution in [-0.2, 0) is 25.6 Å². The first-order chi connectivity index (χ1) is 11.9. The molecule has 0 fully saturated rings. The number of aromatic nitrogens is 1. The van der Waals surface area contributed by atoms with Gasteiger partial charge in [-0.15, -0.1) is 0 Å². The predicted molar refractivity (Wildman–Crippen MR) is 96.5 cm³/mol.